The van der Waals surface area contributed by atoms with E-state index in [0.29, 0.717) is 34.3 Å². The van der Waals surface area contributed by atoms with Gasteiger partial charge in [0.15, 0.2) is 0 Å². The third-order valence-electron chi connectivity index (χ3n) is 5.34. The van der Waals surface area contributed by atoms with Crippen LogP contribution < -0.4 is 10.1 Å². The van der Waals surface area contributed by atoms with Gasteiger partial charge in [0.1, 0.15) is 24.0 Å². The number of halogens is 2. The Morgan fingerprint density at radius 1 is 1.30 bits per heavy atom. The maximum absolute atomic E-state index is 13.8. The van der Waals surface area contributed by atoms with Crippen LogP contribution in [-0.2, 0) is 0 Å². The molecule has 0 saturated carbocycles. The van der Waals surface area contributed by atoms with Crippen molar-refractivity contribution in [2.24, 2.45) is 4.99 Å². The van der Waals surface area contributed by atoms with Gasteiger partial charge in [-0.25, -0.2) is 9.38 Å². The molecule has 7 nitrogen and oxygen atoms in total. The van der Waals surface area contributed by atoms with E-state index < -0.39 is 5.82 Å². The second-order valence-electron chi connectivity index (χ2n) is 7.44. The second-order valence-corrected chi connectivity index (χ2v) is 7.87. The fourth-order valence-electron chi connectivity index (χ4n) is 3.75. The predicted octanol–water partition coefficient (Wildman–Crippen LogP) is 2.74. The monoisotopic (exact) mass is 431 g/mol. The van der Waals surface area contributed by atoms with Crippen molar-refractivity contribution < 1.29 is 13.9 Å². The summed E-state index contributed by atoms with van der Waals surface area (Å²) in [4.78, 5) is 21.1. The van der Waals surface area contributed by atoms with Gasteiger partial charge in [-0.1, -0.05) is 11.6 Å². The minimum atomic E-state index is -0.455. The van der Waals surface area contributed by atoms with Gasteiger partial charge in [-0.2, -0.15) is 0 Å². The van der Waals surface area contributed by atoms with E-state index in [-0.39, 0.29) is 24.7 Å². The van der Waals surface area contributed by atoms with Gasteiger partial charge in [-0.3, -0.25) is 9.69 Å². The molecule has 3 aliphatic rings. The number of nitrogens with one attached hydrogen (secondary N) is 2. The highest BCUT2D eigenvalue weighted by Crippen LogP contribution is 2.26. The average Bonchev–Trinajstić information content (AvgIpc) is 3.38. The Labute approximate surface area is 179 Å². The maximum Gasteiger partial charge on any atom is 0.258 e. The first kappa shape index (κ1) is 20.6. The number of likely N-dealkylation sites (tertiary alicyclic amines) is 2. The van der Waals surface area contributed by atoms with E-state index in [1.54, 1.807) is 6.20 Å². The second kappa shape index (κ2) is 8.97. The van der Waals surface area contributed by atoms with Gasteiger partial charge in [0.25, 0.3) is 5.91 Å². The highest BCUT2D eigenvalue weighted by Gasteiger charge is 2.31. The Kier molecular flexibility index (Phi) is 6.15. The summed E-state index contributed by atoms with van der Waals surface area (Å²) in [6, 6.07) is 3.94. The van der Waals surface area contributed by atoms with Gasteiger partial charge >= 0.3 is 0 Å². The quantitative estimate of drug-likeness (QED) is 0.751. The Morgan fingerprint density at radius 2 is 2.10 bits per heavy atom. The van der Waals surface area contributed by atoms with Crippen LogP contribution in [0.3, 0.4) is 0 Å². The first-order valence-corrected chi connectivity index (χ1v) is 10.3. The summed E-state index contributed by atoms with van der Waals surface area (Å²) in [7, 11) is 0. The van der Waals surface area contributed by atoms with Crippen molar-refractivity contribution in [3.05, 3.63) is 52.2 Å². The number of benzene rings is 1. The number of rotatable bonds is 5. The van der Waals surface area contributed by atoms with Gasteiger partial charge in [-0.15, -0.1) is 0 Å². The molecule has 0 atom stereocenters. The standard InChI is InChI=1S/C21H23ClFN5O2/c22-14-10-25-20(26-11-14)17-12-28(13-18(17)24)21(29)16-4-3-15(23)9-19(16)30-8-7-27-5-1-2-6-27/h3-4,9-11,24-25H,1-2,5-8,12-13H2/b20-17+,24-18?. The first-order valence-electron chi connectivity index (χ1n) is 9.92. The molecule has 1 aromatic carbocycles. The summed E-state index contributed by atoms with van der Waals surface area (Å²) in [6.45, 7) is 3.60. The molecule has 4 rings (SSSR count). The average molecular weight is 432 g/mol. The molecule has 3 heterocycles. The number of amides is 1. The topological polar surface area (TPSA) is 81.0 Å². The first-order chi connectivity index (χ1) is 14.5. The van der Waals surface area contributed by atoms with Crippen LogP contribution in [0.2, 0.25) is 0 Å². The number of hydrogen-bond acceptors (Lipinski definition) is 6. The number of ether oxygens (including phenoxy) is 1. The van der Waals surface area contributed by atoms with Crippen LogP contribution >= 0.6 is 11.6 Å². The lowest BCUT2D eigenvalue weighted by Gasteiger charge is -2.19. The van der Waals surface area contributed by atoms with E-state index in [0.717, 1.165) is 19.6 Å². The third kappa shape index (κ3) is 4.55. The molecule has 2 fully saturated rings. The van der Waals surface area contributed by atoms with Crippen molar-refractivity contribution in [3.8, 4) is 5.75 Å². The van der Waals surface area contributed by atoms with Crippen LogP contribution in [0.4, 0.5) is 4.39 Å². The number of allylic oxidation sites excluding steroid dienone is 1. The van der Waals surface area contributed by atoms with Gasteiger partial charge in [-0.05, 0) is 38.1 Å². The van der Waals surface area contributed by atoms with Crippen LogP contribution in [-0.4, -0.2) is 67.0 Å². The summed E-state index contributed by atoms with van der Waals surface area (Å²) >= 11 is 5.86. The highest BCUT2D eigenvalue weighted by atomic mass is 35.5. The van der Waals surface area contributed by atoms with Gasteiger partial charge in [0.05, 0.1) is 29.4 Å². The zero-order valence-corrected chi connectivity index (χ0v) is 17.2. The van der Waals surface area contributed by atoms with E-state index in [1.165, 1.54) is 42.2 Å². The molecule has 2 saturated heterocycles. The molecule has 3 aliphatic heterocycles. The Hall–Kier alpha value is -2.71. The van der Waals surface area contributed by atoms with Crippen molar-refractivity contribution in [1.82, 2.24) is 15.1 Å². The molecule has 158 valence electrons. The lowest BCUT2D eigenvalue weighted by Crippen LogP contribution is -2.30. The van der Waals surface area contributed by atoms with E-state index >= 15 is 0 Å². The van der Waals surface area contributed by atoms with Crippen LogP contribution in [0.1, 0.15) is 23.2 Å². The lowest BCUT2D eigenvalue weighted by atomic mass is 10.1. The molecule has 1 aromatic rings. The number of nitrogens with zero attached hydrogens (tertiary/aromatic N) is 3. The van der Waals surface area contributed by atoms with Gasteiger partial charge in [0.2, 0.25) is 0 Å². The minimum absolute atomic E-state index is 0.150. The molecule has 2 N–H and O–H groups in total. The smallest absolute Gasteiger partial charge is 0.258 e. The molecular formula is C21H23ClFN5O2. The Morgan fingerprint density at radius 3 is 2.83 bits per heavy atom. The van der Waals surface area contributed by atoms with Gasteiger partial charge < -0.3 is 20.4 Å². The van der Waals surface area contributed by atoms with Crippen LogP contribution in [0.15, 0.2) is 45.8 Å². The molecule has 30 heavy (non-hydrogen) atoms. The molecule has 0 radical (unpaired) electrons. The normalized spacial score (nSPS) is 21.7. The largest absolute Gasteiger partial charge is 0.491 e. The summed E-state index contributed by atoms with van der Waals surface area (Å²) < 4.78 is 19.6. The van der Waals surface area contributed by atoms with Crippen molar-refractivity contribution >= 4 is 29.4 Å². The fourth-order valence-corrected chi connectivity index (χ4v) is 3.85. The summed E-state index contributed by atoms with van der Waals surface area (Å²) in [5.41, 5.74) is 1.21. The summed E-state index contributed by atoms with van der Waals surface area (Å²) in [6.07, 6.45) is 5.44. The SMILES string of the molecule is N=C1CN(C(=O)c2ccc(F)cc2OCCN2CCCC2)C/C1=C1\N=CC(Cl)=CN1. The van der Waals surface area contributed by atoms with E-state index in [1.807, 2.05) is 0 Å². The molecule has 0 bridgehead atoms. The van der Waals surface area contributed by atoms with Crippen molar-refractivity contribution in [2.75, 3.05) is 39.3 Å². The minimum Gasteiger partial charge on any atom is -0.491 e. The Bertz CT molecular complexity index is 953. The molecule has 0 spiro atoms. The van der Waals surface area contributed by atoms with Crippen molar-refractivity contribution in [3.63, 3.8) is 0 Å². The Balaban J connectivity index is 1.47. The van der Waals surface area contributed by atoms with Crippen molar-refractivity contribution in [2.45, 2.75) is 12.8 Å². The van der Waals surface area contributed by atoms with Crippen LogP contribution in [0.5, 0.6) is 5.75 Å². The van der Waals surface area contributed by atoms with Gasteiger partial charge in [0, 0.05) is 30.6 Å². The van der Waals surface area contributed by atoms with Crippen molar-refractivity contribution in [1.29, 1.82) is 5.41 Å². The third-order valence-corrected chi connectivity index (χ3v) is 5.54. The highest BCUT2D eigenvalue weighted by molar-refractivity contribution is 6.39. The lowest BCUT2D eigenvalue weighted by molar-refractivity contribution is 0.0799. The molecule has 0 aliphatic carbocycles. The van der Waals surface area contributed by atoms with E-state index in [9.17, 15) is 9.18 Å². The number of carbonyl (C=O) groups is 1. The molecule has 9 heteroatoms. The van der Waals surface area contributed by atoms with E-state index in [4.69, 9.17) is 21.7 Å². The number of hydrogen-bond donors (Lipinski definition) is 2. The van der Waals surface area contributed by atoms with Crippen LogP contribution in [0, 0.1) is 11.2 Å². The summed E-state index contributed by atoms with van der Waals surface area (Å²) in [5.74, 6) is -0.0276. The predicted molar refractivity (Wildman–Crippen MR) is 114 cm³/mol. The fraction of sp³-hybridized carbons (Fsp3) is 0.381. The summed E-state index contributed by atoms with van der Waals surface area (Å²) in [5, 5.41) is 11.7. The van der Waals surface area contributed by atoms with Crippen LogP contribution in [0.25, 0.3) is 0 Å². The molecule has 0 unspecified atom stereocenters. The zero-order chi connectivity index (χ0) is 21.1. The molecular weight excluding hydrogens is 409 g/mol. The number of carbonyl (C=O) groups excluding carboxylic acids is 1. The zero-order valence-electron chi connectivity index (χ0n) is 16.5. The molecule has 1 amide bonds. The maximum atomic E-state index is 13.8. The van der Waals surface area contributed by atoms with E-state index in [2.05, 4.69) is 15.2 Å². The molecule has 0 aromatic heterocycles. The number of aliphatic imine (C=N–C) groups is 1.